The van der Waals surface area contributed by atoms with Crippen LogP contribution in [0.3, 0.4) is 0 Å². The van der Waals surface area contributed by atoms with Crippen LogP contribution in [0.15, 0.2) is 60.9 Å². The molecule has 2 amide bonds. The lowest BCUT2D eigenvalue weighted by molar-refractivity contribution is -0.121. The van der Waals surface area contributed by atoms with Gasteiger partial charge < -0.3 is 20.2 Å². The Hall–Kier alpha value is -4.44. The van der Waals surface area contributed by atoms with Gasteiger partial charge in [-0.25, -0.2) is 9.97 Å². The standard InChI is InChI=1S/C24H19ClN8O2/c25-15-5-6-16-14(9-15)11-17(28-16)23(34)29-18-10-13-3-1-2-4-19(13)33(24(18)35)12-20-30-22(32-31-20)21-26-7-8-27-21/h1-9,11,18,28H,10,12H2,(H,26,27)(H,29,34)(H,30,31,32). The Morgan fingerprint density at radius 1 is 1.20 bits per heavy atom. The average molecular weight is 487 g/mol. The fraction of sp³-hybridized carbons (Fsp3) is 0.125. The van der Waals surface area contributed by atoms with E-state index in [1.54, 1.807) is 35.5 Å². The van der Waals surface area contributed by atoms with Crippen molar-refractivity contribution in [3.05, 3.63) is 83.0 Å². The van der Waals surface area contributed by atoms with Crippen LogP contribution in [-0.2, 0) is 17.8 Å². The molecule has 0 radical (unpaired) electrons. The summed E-state index contributed by atoms with van der Waals surface area (Å²) in [5.41, 5.74) is 2.88. The van der Waals surface area contributed by atoms with E-state index in [-0.39, 0.29) is 18.4 Å². The maximum absolute atomic E-state index is 13.5. The van der Waals surface area contributed by atoms with Crippen LogP contribution in [0.1, 0.15) is 21.9 Å². The number of hydrogen-bond donors (Lipinski definition) is 4. The zero-order valence-electron chi connectivity index (χ0n) is 18.2. The summed E-state index contributed by atoms with van der Waals surface area (Å²) >= 11 is 6.06. The highest BCUT2D eigenvalue weighted by Crippen LogP contribution is 2.29. The molecule has 0 spiro atoms. The maximum atomic E-state index is 13.5. The minimum absolute atomic E-state index is 0.167. The third-order valence-corrected chi connectivity index (χ3v) is 6.19. The summed E-state index contributed by atoms with van der Waals surface area (Å²) in [5.74, 6) is 0.843. The van der Waals surface area contributed by atoms with Gasteiger partial charge in [-0.1, -0.05) is 29.8 Å². The molecule has 11 heteroatoms. The van der Waals surface area contributed by atoms with Crippen molar-refractivity contribution >= 4 is 40.0 Å². The predicted molar refractivity (Wildman–Crippen MR) is 130 cm³/mol. The third-order valence-electron chi connectivity index (χ3n) is 5.95. The zero-order valence-corrected chi connectivity index (χ0v) is 19.0. The monoisotopic (exact) mass is 486 g/mol. The van der Waals surface area contributed by atoms with Crippen LogP contribution in [-0.4, -0.2) is 48.0 Å². The van der Waals surface area contributed by atoms with Crippen molar-refractivity contribution in [3.8, 4) is 11.6 Å². The highest BCUT2D eigenvalue weighted by atomic mass is 35.5. The molecule has 174 valence electrons. The quantitative estimate of drug-likeness (QED) is 0.302. The van der Waals surface area contributed by atoms with Crippen LogP contribution in [0.2, 0.25) is 5.02 Å². The molecule has 10 nitrogen and oxygen atoms in total. The molecule has 0 bridgehead atoms. The summed E-state index contributed by atoms with van der Waals surface area (Å²) in [4.78, 5) is 42.8. The predicted octanol–water partition coefficient (Wildman–Crippen LogP) is 3.22. The number of hydrogen-bond acceptors (Lipinski definition) is 5. The first-order valence-electron chi connectivity index (χ1n) is 10.9. The lowest BCUT2D eigenvalue weighted by Gasteiger charge is -2.33. The Labute approximate surface area is 203 Å². The minimum atomic E-state index is -0.736. The van der Waals surface area contributed by atoms with Gasteiger partial charge in [0.25, 0.3) is 5.91 Å². The summed E-state index contributed by atoms with van der Waals surface area (Å²) in [6.45, 7) is 0.167. The van der Waals surface area contributed by atoms with E-state index in [0.29, 0.717) is 34.6 Å². The summed E-state index contributed by atoms with van der Waals surface area (Å²) in [6, 6.07) is 14.0. The number of aromatic nitrogens is 6. The molecule has 35 heavy (non-hydrogen) atoms. The van der Waals surface area contributed by atoms with E-state index in [1.807, 2.05) is 30.3 Å². The first kappa shape index (κ1) is 21.1. The van der Waals surface area contributed by atoms with Crippen molar-refractivity contribution in [2.45, 2.75) is 19.0 Å². The molecular weight excluding hydrogens is 468 g/mol. The number of imidazole rings is 1. The molecule has 0 fully saturated rings. The van der Waals surface area contributed by atoms with E-state index in [0.717, 1.165) is 22.2 Å². The molecule has 0 saturated carbocycles. The number of amides is 2. The largest absolute Gasteiger partial charge is 0.351 e. The highest BCUT2D eigenvalue weighted by Gasteiger charge is 2.34. The molecular formula is C24H19ClN8O2. The molecule has 2 aromatic carbocycles. The molecule has 1 atom stereocenters. The molecule has 5 aromatic rings. The van der Waals surface area contributed by atoms with Gasteiger partial charge in [0.15, 0.2) is 5.82 Å². The molecule has 1 unspecified atom stereocenters. The van der Waals surface area contributed by atoms with Crippen molar-refractivity contribution in [1.29, 1.82) is 0 Å². The molecule has 6 rings (SSSR count). The lowest BCUT2D eigenvalue weighted by atomic mass is 9.97. The van der Waals surface area contributed by atoms with Gasteiger partial charge in [0.1, 0.15) is 17.6 Å². The number of carbonyl (C=O) groups is 2. The Balaban J connectivity index is 1.26. The SMILES string of the molecule is O=C(NC1Cc2ccccc2N(Cc2nc(-c3ncc[nH]3)n[nH]2)C1=O)c1cc2cc(Cl)ccc2[nH]1. The van der Waals surface area contributed by atoms with Gasteiger partial charge >= 0.3 is 0 Å². The second-order valence-corrected chi connectivity index (χ2v) is 8.68. The van der Waals surface area contributed by atoms with E-state index in [1.165, 1.54) is 0 Å². The van der Waals surface area contributed by atoms with E-state index in [9.17, 15) is 9.59 Å². The molecule has 1 aliphatic rings. The van der Waals surface area contributed by atoms with Crippen molar-refractivity contribution < 1.29 is 9.59 Å². The van der Waals surface area contributed by atoms with E-state index >= 15 is 0 Å². The molecule has 0 saturated heterocycles. The fourth-order valence-electron chi connectivity index (χ4n) is 4.31. The number of carbonyl (C=O) groups excluding carboxylic acids is 2. The first-order chi connectivity index (χ1) is 17.0. The lowest BCUT2D eigenvalue weighted by Crippen LogP contribution is -2.52. The summed E-state index contributed by atoms with van der Waals surface area (Å²) < 4.78 is 0. The van der Waals surface area contributed by atoms with Gasteiger partial charge in [0.05, 0.1) is 6.54 Å². The Bertz CT molecular complexity index is 1550. The molecule has 0 aliphatic carbocycles. The molecule has 4 heterocycles. The van der Waals surface area contributed by atoms with Crippen molar-refractivity contribution in [3.63, 3.8) is 0 Å². The van der Waals surface area contributed by atoms with Gasteiger partial charge in [-0.2, -0.15) is 5.10 Å². The number of benzene rings is 2. The number of H-pyrrole nitrogens is 3. The average Bonchev–Trinajstić information content (AvgIpc) is 3.62. The molecule has 4 N–H and O–H groups in total. The number of nitrogens with zero attached hydrogens (tertiary/aromatic N) is 4. The Morgan fingerprint density at radius 3 is 2.94 bits per heavy atom. The summed E-state index contributed by atoms with van der Waals surface area (Å²) in [5, 5.41) is 11.4. The van der Waals surface area contributed by atoms with Crippen LogP contribution in [0.25, 0.3) is 22.6 Å². The minimum Gasteiger partial charge on any atom is -0.351 e. The van der Waals surface area contributed by atoms with Crippen LogP contribution in [0.4, 0.5) is 5.69 Å². The van der Waals surface area contributed by atoms with E-state index in [2.05, 4.69) is 35.5 Å². The number of anilines is 1. The van der Waals surface area contributed by atoms with Crippen molar-refractivity contribution in [2.24, 2.45) is 0 Å². The van der Waals surface area contributed by atoms with Crippen molar-refractivity contribution in [2.75, 3.05) is 4.90 Å². The number of para-hydroxylation sites is 1. The zero-order chi connectivity index (χ0) is 23.9. The van der Waals surface area contributed by atoms with Gasteiger partial charge in [0.2, 0.25) is 11.7 Å². The third kappa shape index (κ3) is 3.93. The van der Waals surface area contributed by atoms with Gasteiger partial charge in [-0.3, -0.25) is 14.7 Å². The Kier molecular flexibility index (Phi) is 5.07. The summed E-state index contributed by atoms with van der Waals surface area (Å²) in [7, 11) is 0. The smallest absolute Gasteiger partial charge is 0.268 e. The van der Waals surface area contributed by atoms with Crippen molar-refractivity contribution in [1.82, 2.24) is 35.5 Å². The van der Waals surface area contributed by atoms with E-state index in [4.69, 9.17) is 11.6 Å². The van der Waals surface area contributed by atoms with Gasteiger partial charge in [0, 0.05) is 40.4 Å². The van der Waals surface area contributed by atoms with Crippen LogP contribution in [0.5, 0.6) is 0 Å². The number of halogens is 1. The second-order valence-electron chi connectivity index (χ2n) is 8.24. The number of rotatable bonds is 5. The summed E-state index contributed by atoms with van der Waals surface area (Å²) in [6.07, 6.45) is 3.69. The van der Waals surface area contributed by atoms with Crippen LogP contribution < -0.4 is 10.2 Å². The van der Waals surface area contributed by atoms with E-state index < -0.39 is 6.04 Å². The topological polar surface area (TPSA) is 135 Å². The maximum Gasteiger partial charge on any atom is 0.268 e. The number of fused-ring (bicyclic) bond motifs is 2. The fourth-order valence-corrected chi connectivity index (χ4v) is 4.49. The number of nitrogens with one attached hydrogen (secondary N) is 4. The van der Waals surface area contributed by atoms with Gasteiger partial charge in [-0.15, -0.1) is 0 Å². The van der Waals surface area contributed by atoms with Gasteiger partial charge in [-0.05, 0) is 35.9 Å². The highest BCUT2D eigenvalue weighted by molar-refractivity contribution is 6.31. The Morgan fingerprint density at radius 2 is 2.09 bits per heavy atom. The van der Waals surface area contributed by atoms with Crippen LogP contribution >= 0.6 is 11.6 Å². The molecule has 1 aliphatic heterocycles. The molecule has 3 aromatic heterocycles. The second kappa shape index (κ2) is 8.41. The number of aromatic amines is 3. The van der Waals surface area contributed by atoms with Crippen LogP contribution in [0, 0.1) is 0 Å². The first-order valence-corrected chi connectivity index (χ1v) is 11.3. The normalized spacial score (nSPS) is 15.4.